The van der Waals surface area contributed by atoms with Crippen molar-refractivity contribution in [1.82, 2.24) is 9.88 Å². The van der Waals surface area contributed by atoms with Crippen molar-refractivity contribution >= 4 is 5.91 Å². The Bertz CT molecular complexity index is 841. The topological polar surface area (TPSA) is 34.0 Å². The number of nitrogens with zero attached hydrogens (tertiary/aromatic N) is 1. The third kappa shape index (κ3) is 3.54. The van der Waals surface area contributed by atoms with Crippen molar-refractivity contribution < 1.29 is 9.18 Å². The van der Waals surface area contributed by atoms with Gasteiger partial charge in [0.05, 0.1) is 0 Å². The number of hydrogen-bond acceptors (Lipinski definition) is 1. The van der Waals surface area contributed by atoms with Gasteiger partial charge in [-0.2, -0.15) is 0 Å². The number of rotatable bonds is 5. The zero-order chi connectivity index (χ0) is 16.9. The van der Waals surface area contributed by atoms with Crippen molar-refractivity contribution in [1.29, 1.82) is 0 Å². The molecule has 1 aromatic heterocycles. The van der Waals surface area contributed by atoms with Crippen LogP contribution >= 0.6 is 0 Å². The number of carbonyl (C=O) groups excluding carboxylic acids is 1. The third-order valence-electron chi connectivity index (χ3n) is 3.99. The monoisotopic (exact) mass is 322 g/mol. The van der Waals surface area contributed by atoms with Crippen molar-refractivity contribution in [2.24, 2.45) is 0 Å². The van der Waals surface area contributed by atoms with Gasteiger partial charge in [0.15, 0.2) is 0 Å². The van der Waals surface area contributed by atoms with E-state index in [1.807, 2.05) is 48.1 Å². The average Bonchev–Trinajstić information content (AvgIpc) is 3.11. The normalized spacial score (nSPS) is 10.6. The molecule has 0 saturated carbocycles. The van der Waals surface area contributed by atoms with Gasteiger partial charge in [-0.15, -0.1) is 0 Å². The number of benzene rings is 2. The molecule has 24 heavy (non-hydrogen) atoms. The van der Waals surface area contributed by atoms with Gasteiger partial charge in [-0.1, -0.05) is 24.3 Å². The van der Waals surface area contributed by atoms with Crippen LogP contribution in [0.3, 0.4) is 0 Å². The molecule has 2 aromatic carbocycles. The van der Waals surface area contributed by atoms with Crippen molar-refractivity contribution in [2.45, 2.75) is 13.3 Å². The van der Waals surface area contributed by atoms with Crippen molar-refractivity contribution in [3.05, 3.63) is 89.5 Å². The largest absolute Gasteiger partial charge is 0.352 e. The first-order valence-electron chi connectivity index (χ1n) is 7.91. The van der Waals surface area contributed by atoms with Crippen LogP contribution in [0.1, 0.15) is 21.5 Å². The smallest absolute Gasteiger partial charge is 0.251 e. The molecule has 3 aromatic rings. The standard InChI is InChI=1S/C20H19FN2O/c1-15-8-9-17(14-19(15)23-12-4-5-13-23)20(24)22-11-10-16-6-2-3-7-18(16)21/h2-9,12-14H,10-11H2,1H3,(H,22,24). The van der Waals surface area contributed by atoms with E-state index in [0.29, 0.717) is 24.1 Å². The van der Waals surface area contributed by atoms with Gasteiger partial charge in [0.1, 0.15) is 5.82 Å². The predicted octanol–water partition coefficient (Wildman–Crippen LogP) is 3.90. The second kappa shape index (κ2) is 7.13. The maximum absolute atomic E-state index is 13.6. The maximum Gasteiger partial charge on any atom is 0.251 e. The number of hydrogen-bond donors (Lipinski definition) is 1. The number of carbonyl (C=O) groups is 1. The lowest BCUT2D eigenvalue weighted by Crippen LogP contribution is -2.26. The van der Waals surface area contributed by atoms with Crippen LogP contribution in [0.5, 0.6) is 0 Å². The molecule has 0 saturated heterocycles. The van der Waals surface area contributed by atoms with E-state index in [1.165, 1.54) is 6.07 Å². The minimum absolute atomic E-state index is 0.153. The first-order valence-corrected chi connectivity index (χ1v) is 7.91. The van der Waals surface area contributed by atoms with Crippen LogP contribution in [0, 0.1) is 12.7 Å². The summed E-state index contributed by atoms with van der Waals surface area (Å²) in [7, 11) is 0. The van der Waals surface area contributed by atoms with Gasteiger partial charge in [0.25, 0.3) is 5.91 Å². The summed E-state index contributed by atoms with van der Waals surface area (Å²) < 4.78 is 15.6. The summed E-state index contributed by atoms with van der Waals surface area (Å²) in [6.45, 7) is 2.40. The number of halogens is 1. The van der Waals surface area contributed by atoms with Crippen LogP contribution in [0.15, 0.2) is 67.0 Å². The van der Waals surface area contributed by atoms with E-state index in [9.17, 15) is 9.18 Å². The van der Waals surface area contributed by atoms with Gasteiger partial charge in [0, 0.05) is 30.2 Å². The van der Waals surface area contributed by atoms with Crippen LogP contribution in [-0.2, 0) is 6.42 Å². The molecule has 3 rings (SSSR count). The minimum atomic E-state index is -0.239. The first-order chi connectivity index (χ1) is 11.6. The molecular formula is C20H19FN2O. The molecule has 0 atom stereocenters. The Labute approximate surface area is 140 Å². The summed E-state index contributed by atoms with van der Waals surface area (Å²) in [4.78, 5) is 12.3. The minimum Gasteiger partial charge on any atom is -0.352 e. The lowest BCUT2D eigenvalue weighted by Gasteiger charge is -2.11. The molecule has 0 aliphatic carbocycles. The third-order valence-corrected chi connectivity index (χ3v) is 3.99. The Kier molecular flexibility index (Phi) is 4.75. The Hall–Kier alpha value is -2.88. The van der Waals surface area contributed by atoms with E-state index < -0.39 is 0 Å². The molecule has 122 valence electrons. The van der Waals surface area contributed by atoms with Crippen molar-refractivity contribution in [2.75, 3.05) is 6.54 Å². The van der Waals surface area contributed by atoms with Gasteiger partial charge < -0.3 is 9.88 Å². The molecule has 1 amide bonds. The molecule has 0 radical (unpaired) electrons. The summed E-state index contributed by atoms with van der Waals surface area (Å²) in [6.07, 6.45) is 4.36. The number of nitrogens with one attached hydrogen (secondary N) is 1. The van der Waals surface area contributed by atoms with Gasteiger partial charge in [0.2, 0.25) is 0 Å². The highest BCUT2D eigenvalue weighted by atomic mass is 19.1. The van der Waals surface area contributed by atoms with E-state index in [-0.39, 0.29) is 11.7 Å². The van der Waals surface area contributed by atoms with Crippen molar-refractivity contribution in [3.63, 3.8) is 0 Å². The quantitative estimate of drug-likeness (QED) is 0.759. The highest BCUT2D eigenvalue weighted by molar-refractivity contribution is 5.94. The maximum atomic E-state index is 13.6. The lowest BCUT2D eigenvalue weighted by molar-refractivity contribution is 0.0954. The predicted molar refractivity (Wildman–Crippen MR) is 92.9 cm³/mol. The fraction of sp³-hybridized carbons (Fsp3) is 0.150. The van der Waals surface area contributed by atoms with E-state index in [1.54, 1.807) is 24.3 Å². The Balaban J connectivity index is 1.67. The highest BCUT2D eigenvalue weighted by Crippen LogP contribution is 2.16. The Morgan fingerprint density at radius 3 is 2.58 bits per heavy atom. The highest BCUT2D eigenvalue weighted by Gasteiger charge is 2.09. The lowest BCUT2D eigenvalue weighted by atomic mass is 10.1. The fourth-order valence-corrected chi connectivity index (χ4v) is 2.64. The Morgan fingerprint density at radius 1 is 1.08 bits per heavy atom. The van der Waals surface area contributed by atoms with E-state index in [0.717, 1.165) is 11.3 Å². The van der Waals surface area contributed by atoms with Crippen LogP contribution in [0.2, 0.25) is 0 Å². The van der Waals surface area contributed by atoms with Gasteiger partial charge in [-0.05, 0) is 54.8 Å². The molecule has 0 aliphatic rings. The molecule has 0 aliphatic heterocycles. The number of aryl methyl sites for hydroxylation is 1. The zero-order valence-electron chi connectivity index (χ0n) is 13.5. The van der Waals surface area contributed by atoms with Gasteiger partial charge >= 0.3 is 0 Å². The summed E-state index contributed by atoms with van der Waals surface area (Å²) in [5.74, 6) is -0.392. The summed E-state index contributed by atoms with van der Waals surface area (Å²) >= 11 is 0. The molecule has 1 heterocycles. The summed E-state index contributed by atoms with van der Waals surface area (Å²) in [6, 6.07) is 16.1. The van der Waals surface area contributed by atoms with Gasteiger partial charge in [-0.25, -0.2) is 4.39 Å². The van der Waals surface area contributed by atoms with Crippen molar-refractivity contribution in [3.8, 4) is 5.69 Å². The SMILES string of the molecule is Cc1ccc(C(=O)NCCc2ccccc2F)cc1-n1cccc1. The number of amides is 1. The van der Waals surface area contributed by atoms with Gasteiger partial charge in [-0.3, -0.25) is 4.79 Å². The van der Waals surface area contributed by atoms with Crippen LogP contribution < -0.4 is 5.32 Å². The Morgan fingerprint density at radius 2 is 1.83 bits per heavy atom. The second-order valence-corrected chi connectivity index (χ2v) is 5.69. The number of aromatic nitrogens is 1. The van der Waals surface area contributed by atoms with E-state index in [4.69, 9.17) is 0 Å². The molecule has 0 unspecified atom stereocenters. The average molecular weight is 322 g/mol. The van der Waals surface area contributed by atoms with Crippen LogP contribution in [0.25, 0.3) is 5.69 Å². The van der Waals surface area contributed by atoms with Crippen LogP contribution in [0.4, 0.5) is 4.39 Å². The van der Waals surface area contributed by atoms with E-state index in [2.05, 4.69) is 5.32 Å². The fourth-order valence-electron chi connectivity index (χ4n) is 2.64. The molecular weight excluding hydrogens is 303 g/mol. The molecule has 0 bridgehead atoms. The van der Waals surface area contributed by atoms with Crippen LogP contribution in [-0.4, -0.2) is 17.0 Å². The van der Waals surface area contributed by atoms with E-state index >= 15 is 0 Å². The first kappa shape index (κ1) is 16.0. The molecule has 0 spiro atoms. The molecule has 0 fully saturated rings. The molecule has 3 nitrogen and oxygen atoms in total. The zero-order valence-corrected chi connectivity index (χ0v) is 13.5. The molecule has 4 heteroatoms. The second-order valence-electron chi connectivity index (χ2n) is 5.69. The molecule has 1 N–H and O–H groups in total. The summed E-state index contributed by atoms with van der Waals surface area (Å²) in [5, 5.41) is 2.85. The summed E-state index contributed by atoms with van der Waals surface area (Å²) in [5.41, 5.74) is 3.27.